The molecule has 4 saturated carbocycles. The molecule has 2 aromatic rings. The van der Waals surface area contributed by atoms with Crippen LogP contribution in [0, 0.1) is 17.8 Å². The third-order valence-corrected chi connectivity index (χ3v) is 8.36. The molecule has 4 bridgehead atoms. The molecule has 0 unspecified atom stereocenters. The van der Waals surface area contributed by atoms with Crippen molar-refractivity contribution in [3.05, 3.63) is 27.4 Å². The van der Waals surface area contributed by atoms with Gasteiger partial charge in [-0.25, -0.2) is 0 Å². The Bertz CT molecular complexity index is 732. The van der Waals surface area contributed by atoms with E-state index in [1.807, 2.05) is 6.07 Å². The van der Waals surface area contributed by atoms with Crippen molar-refractivity contribution in [3.63, 3.8) is 0 Å². The van der Waals surface area contributed by atoms with Gasteiger partial charge in [0.25, 0.3) is 0 Å². The lowest BCUT2D eigenvalue weighted by atomic mass is 9.50. The Labute approximate surface area is 156 Å². The van der Waals surface area contributed by atoms with Gasteiger partial charge < -0.3 is 5.32 Å². The van der Waals surface area contributed by atoms with Gasteiger partial charge in [0.1, 0.15) is 5.01 Å². The fourth-order valence-electron chi connectivity index (χ4n) is 5.73. The monoisotopic (exact) mass is 373 g/mol. The van der Waals surface area contributed by atoms with Crippen molar-refractivity contribution >= 4 is 33.7 Å². The Balaban J connectivity index is 1.25. The molecule has 0 spiro atoms. The van der Waals surface area contributed by atoms with Crippen molar-refractivity contribution in [1.29, 1.82) is 0 Å². The summed E-state index contributed by atoms with van der Waals surface area (Å²) in [5.74, 6) is 2.75. The maximum Gasteiger partial charge on any atom is 0.226 e. The Morgan fingerprint density at radius 3 is 2.52 bits per heavy atom. The standard InChI is InChI=1S/C19H23N3OS2/c23-16(4-3-15-2-1-5-24-15)20-18-22-21-17(25-18)19-9-12-6-13(10-19)8-14(7-12)11-19/h1-2,5,12-14H,3-4,6-11H2,(H,20,22,23). The minimum Gasteiger partial charge on any atom is -0.301 e. The Morgan fingerprint density at radius 1 is 1.16 bits per heavy atom. The van der Waals surface area contributed by atoms with Crippen LogP contribution in [0.2, 0.25) is 0 Å². The summed E-state index contributed by atoms with van der Waals surface area (Å²) < 4.78 is 0. The molecule has 4 aliphatic rings. The first-order chi connectivity index (χ1) is 12.2. The van der Waals surface area contributed by atoms with E-state index in [0.717, 1.165) is 24.2 Å². The van der Waals surface area contributed by atoms with Crippen LogP contribution in [0.1, 0.15) is 54.8 Å². The van der Waals surface area contributed by atoms with Gasteiger partial charge >= 0.3 is 0 Å². The van der Waals surface area contributed by atoms with E-state index < -0.39 is 0 Å². The lowest BCUT2D eigenvalue weighted by Gasteiger charge is -2.55. The van der Waals surface area contributed by atoms with Crippen LogP contribution < -0.4 is 5.32 Å². The number of aryl methyl sites for hydroxylation is 1. The summed E-state index contributed by atoms with van der Waals surface area (Å²) in [6, 6.07) is 4.11. The van der Waals surface area contributed by atoms with E-state index in [4.69, 9.17) is 0 Å². The highest BCUT2D eigenvalue weighted by Crippen LogP contribution is 2.61. The zero-order valence-electron chi connectivity index (χ0n) is 14.2. The maximum atomic E-state index is 12.2. The molecule has 0 radical (unpaired) electrons. The van der Waals surface area contributed by atoms with Gasteiger partial charge in [-0.2, -0.15) is 0 Å². The number of nitrogens with one attached hydrogen (secondary N) is 1. The Kier molecular flexibility index (Phi) is 3.93. The number of rotatable bonds is 5. The summed E-state index contributed by atoms with van der Waals surface area (Å²) >= 11 is 3.32. The third kappa shape index (κ3) is 3.04. The Hall–Kier alpha value is -1.27. The average Bonchev–Trinajstić information content (AvgIpc) is 3.23. The van der Waals surface area contributed by atoms with Gasteiger partial charge in [0, 0.05) is 16.7 Å². The van der Waals surface area contributed by atoms with Gasteiger partial charge in [-0.3, -0.25) is 4.79 Å². The summed E-state index contributed by atoms with van der Waals surface area (Å²) in [5.41, 5.74) is 0.270. The first-order valence-corrected chi connectivity index (χ1v) is 11.0. The second-order valence-electron chi connectivity index (χ2n) is 8.24. The van der Waals surface area contributed by atoms with Crippen LogP contribution in [0.25, 0.3) is 0 Å². The predicted molar refractivity (Wildman–Crippen MR) is 101 cm³/mol. The lowest BCUT2D eigenvalue weighted by Crippen LogP contribution is -2.48. The predicted octanol–water partition coefficient (Wildman–Crippen LogP) is 4.64. The molecule has 0 atom stereocenters. The molecular formula is C19H23N3OS2. The summed E-state index contributed by atoms with van der Waals surface area (Å²) in [6.45, 7) is 0. The molecule has 2 heterocycles. The Morgan fingerprint density at radius 2 is 1.88 bits per heavy atom. The van der Waals surface area contributed by atoms with Gasteiger partial charge in [-0.15, -0.1) is 21.5 Å². The van der Waals surface area contributed by atoms with Gasteiger partial charge in [0.2, 0.25) is 11.0 Å². The average molecular weight is 374 g/mol. The van der Waals surface area contributed by atoms with Crippen molar-refractivity contribution in [2.45, 2.75) is 56.8 Å². The molecule has 0 aliphatic heterocycles. The van der Waals surface area contributed by atoms with Crippen molar-refractivity contribution in [2.75, 3.05) is 5.32 Å². The number of anilines is 1. The molecule has 25 heavy (non-hydrogen) atoms. The summed E-state index contributed by atoms with van der Waals surface area (Å²) in [7, 11) is 0. The van der Waals surface area contributed by atoms with E-state index >= 15 is 0 Å². The minimum absolute atomic E-state index is 0.0432. The van der Waals surface area contributed by atoms with E-state index in [9.17, 15) is 4.79 Å². The van der Waals surface area contributed by atoms with E-state index in [1.165, 1.54) is 48.4 Å². The van der Waals surface area contributed by atoms with Gasteiger partial charge in [-0.1, -0.05) is 17.4 Å². The molecule has 4 aliphatic carbocycles. The number of hydrogen-bond acceptors (Lipinski definition) is 5. The number of aromatic nitrogens is 2. The number of nitrogens with zero attached hydrogens (tertiary/aromatic N) is 2. The van der Waals surface area contributed by atoms with E-state index in [1.54, 1.807) is 22.7 Å². The van der Waals surface area contributed by atoms with Crippen molar-refractivity contribution < 1.29 is 4.79 Å². The lowest BCUT2D eigenvalue weighted by molar-refractivity contribution is -0.116. The van der Waals surface area contributed by atoms with Crippen LogP contribution in [0.4, 0.5) is 5.13 Å². The van der Waals surface area contributed by atoms with E-state index in [2.05, 4.69) is 27.0 Å². The van der Waals surface area contributed by atoms with Crippen LogP contribution in [0.3, 0.4) is 0 Å². The molecule has 4 fully saturated rings. The van der Waals surface area contributed by atoms with Crippen molar-refractivity contribution in [1.82, 2.24) is 10.2 Å². The normalized spacial score (nSPS) is 32.9. The minimum atomic E-state index is 0.0432. The second kappa shape index (κ2) is 6.16. The SMILES string of the molecule is O=C(CCc1cccs1)Nc1nnc(C23CC4CC(CC(C4)C2)C3)s1. The fraction of sp³-hybridized carbons (Fsp3) is 0.632. The fourth-order valence-corrected chi connectivity index (χ4v) is 7.42. The molecule has 132 valence electrons. The third-order valence-electron chi connectivity index (χ3n) is 6.34. The molecule has 0 saturated heterocycles. The largest absolute Gasteiger partial charge is 0.301 e. The maximum absolute atomic E-state index is 12.2. The zero-order valence-corrected chi connectivity index (χ0v) is 15.9. The van der Waals surface area contributed by atoms with Crippen molar-refractivity contribution in [3.8, 4) is 0 Å². The highest BCUT2D eigenvalue weighted by atomic mass is 32.1. The number of carbonyl (C=O) groups excluding carboxylic acids is 1. The van der Waals surface area contributed by atoms with Crippen LogP contribution >= 0.6 is 22.7 Å². The molecular weight excluding hydrogens is 350 g/mol. The second-order valence-corrected chi connectivity index (χ2v) is 10.2. The molecule has 1 amide bonds. The smallest absolute Gasteiger partial charge is 0.226 e. The van der Waals surface area contributed by atoms with Crippen LogP contribution in [-0.2, 0) is 16.6 Å². The van der Waals surface area contributed by atoms with E-state index in [-0.39, 0.29) is 11.3 Å². The van der Waals surface area contributed by atoms with Crippen molar-refractivity contribution in [2.24, 2.45) is 17.8 Å². The summed E-state index contributed by atoms with van der Waals surface area (Å²) in [4.78, 5) is 13.4. The number of thiophene rings is 1. The molecule has 6 rings (SSSR count). The highest BCUT2D eigenvalue weighted by molar-refractivity contribution is 7.15. The first kappa shape index (κ1) is 15.9. The van der Waals surface area contributed by atoms with E-state index in [0.29, 0.717) is 11.6 Å². The van der Waals surface area contributed by atoms with Gasteiger partial charge in [0.15, 0.2) is 0 Å². The van der Waals surface area contributed by atoms with Crippen LogP contribution in [0.15, 0.2) is 17.5 Å². The summed E-state index contributed by atoms with van der Waals surface area (Å²) in [5, 5.41) is 15.7. The van der Waals surface area contributed by atoms with Gasteiger partial charge in [-0.05, 0) is 74.1 Å². The highest BCUT2D eigenvalue weighted by Gasteiger charge is 2.53. The zero-order chi connectivity index (χ0) is 16.9. The number of hydrogen-bond donors (Lipinski definition) is 1. The summed E-state index contributed by atoms with van der Waals surface area (Å²) in [6.07, 6.45) is 9.48. The molecule has 4 nitrogen and oxygen atoms in total. The first-order valence-electron chi connectivity index (χ1n) is 9.35. The number of carbonyl (C=O) groups is 1. The quantitative estimate of drug-likeness (QED) is 0.831. The van der Waals surface area contributed by atoms with Crippen LogP contribution in [-0.4, -0.2) is 16.1 Å². The topological polar surface area (TPSA) is 54.9 Å². The molecule has 1 N–H and O–H groups in total. The van der Waals surface area contributed by atoms with Crippen LogP contribution in [0.5, 0.6) is 0 Å². The molecule has 2 aromatic heterocycles. The molecule has 6 heteroatoms. The molecule has 0 aromatic carbocycles. The number of amides is 1. The van der Waals surface area contributed by atoms with Gasteiger partial charge in [0.05, 0.1) is 0 Å².